The number of nitrogens with zero attached hydrogens (tertiary/aromatic N) is 2. The van der Waals surface area contributed by atoms with Crippen LogP contribution in [0.4, 0.5) is 27.6 Å². The fraction of sp³-hybridized carbons (Fsp3) is 0.350. The van der Waals surface area contributed by atoms with Crippen molar-refractivity contribution < 1.29 is 31.5 Å². The van der Waals surface area contributed by atoms with Crippen molar-refractivity contribution >= 4 is 11.6 Å². The van der Waals surface area contributed by atoms with E-state index < -0.39 is 34.8 Å². The summed E-state index contributed by atoms with van der Waals surface area (Å²) in [5, 5.41) is 0. The number of ether oxygens (including phenoxy) is 1. The minimum Gasteiger partial charge on any atom is -0.484 e. The number of aryl methyl sites for hydroxylation is 1. The first kappa shape index (κ1) is 20.9. The van der Waals surface area contributed by atoms with Gasteiger partial charge in [-0.2, -0.15) is 0 Å². The highest BCUT2D eigenvalue weighted by Gasteiger charge is 2.31. The molecule has 0 bridgehead atoms. The molecule has 0 unspecified atom stereocenters. The molecule has 1 aliphatic heterocycles. The van der Waals surface area contributed by atoms with Crippen LogP contribution in [-0.2, 0) is 11.2 Å². The molecule has 0 radical (unpaired) electrons. The minimum absolute atomic E-state index is 0.0659. The molecule has 2 aromatic carbocycles. The van der Waals surface area contributed by atoms with Crippen LogP contribution in [0.3, 0.4) is 0 Å². The van der Waals surface area contributed by atoms with Gasteiger partial charge < -0.3 is 14.5 Å². The van der Waals surface area contributed by atoms with Gasteiger partial charge in [-0.25, -0.2) is 22.0 Å². The zero-order valence-corrected chi connectivity index (χ0v) is 15.7. The highest BCUT2D eigenvalue weighted by atomic mass is 19.2. The largest absolute Gasteiger partial charge is 0.484 e. The summed E-state index contributed by atoms with van der Waals surface area (Å²) < 4.78 is 73.3. The number of carbonyl (C=O) groups excluding carboxylic acids is 1. The summed E-state index contributed by atoms with van der Waals surface area (Å²) in [5.74, 6) is -9.71. The summed E-state index contributed by atoms with van der Waals surface area (Å²) >= 11 is 0. The molecule has 0 aromatic heterocycles. The maximum atomic E-state index is 13.9. The lowest BCUT2D eigenvalue weighted by atomic mass is 10.2. The Hall–Kier alpha value is -2.84. The van der Waals surface area contributed by atoms with Crippen LogP contribution in [-0.4, -0.2) is 43.6 Å². The molecule has 0 atom stereocenters. The molecule has 1 amide bonds. The van der Waals surface area contributed by atoms with Crippen LogP contribution in [0.2, 0.25) is 0 Å². The second-order valence-corrected chi connectivity index (χ2v) is 6.57. The zero-order chi connectivity index (χ0) is 21.1. The van der Waals surface area contributed by atoms with Crippen LogP contribution in [0.25, 0.3) is 0 Å². The molecular weight excluding hydrogens is 395 g/mol. The van der Waals surface area contributed by atoms with Crippen molar-refractivity contribution in [3.8, 4) is 5.75 Å². The van der Waals surface area contributed by atoms with Crippen molar-refractivity contribution in [2.75, 3.05) is 37.7 Å². The fourth-order valence-corrected chi connectivity index (χ4v) is 3.11. The van der Waals surface area contributed by atoms with Crippen LogP contribution in [0, 0.1) is 29.1 Å². The predicted molar refractivity (Wildman–Crippen MR) is 96.3 cm³/mol. The van der Waals surface area contributed by atoms with Gasteiger partial charge in [0.1, 0.15) is 11.4 Å². The predicted octanol–water partition coefficient (Wildman–Crippen LogP) is 3.67. The van der Waals surface area contributed by atoms with Gasteiger partial charge in [0.25, 0.3) is 5.91 Å². The van der Waals surface area contributed by atoms with E-state index in [-0.39, 0.29) is 38.7 Å². The first-order valence-electron chi connectivity index (χ1n) is 9.09. The Kier molecular flexibility index (Phi) is 6.24. The Bertz CT molecular complexity index is 868. The third-order valence-corrected chi connectivity index (χ3v) is 4.83. The van der Waals surface area contributed by atoms with Gasteiger partial charge in [0, 0.05) is 26.2 Å². The molecule has 1 saturated heterocycles. The highest BCUT2D eigenvalue weighted by Crippen LogP contribution is 2.30. The van der Waals surface area contributed by atoms with E-state index in [1.807, 2.05) is 19.1 Å². The van der Waals surface area contributed by atoms with E-state index >= 15 is 0 Å². The molecule has 29 heavy (non-hydrogen) atoms. The number of benzene rings is 2. The smallest absolute Gasteiger partial charge is 0.260 e. The molecule has 3 rings (SSSR count). The van der Waals surface area contributed by atoms with Gasteiger partial charge in [-0.3, -0.25) is 4.79 Å². The normalized spacial score (nSPS) is 14.3. The van der Waals surface area contributed by atoms with Crippen LogP contribution in [0.1, 0.15) is 12.5 Å². The summed E-state index contributed by atoms with van der Waals surface area (Å²) in [7, 11) is 0. The van der Waals surface area contributed by atoms with E-state index in [0.717, 1.165) is 16.9 Å². The molecule has 0 N–H and O–H groups in total. The Morgan fingerprint density at radius 3 is 1.90 bits per heavy atom. The lowest BCUT2D eigenvalue weighted by Gasteiger charge is -2.36. The lowest BCUT2D eigenvalue weighted by molar-refractivity contribution is -0.133. The first-order valence-corrected chi connectivity index (χ1v) is 9.09. The quantitative estimate of drug-likeness (QED) is 0.425. The Labute approximate surface area is 164 Å². The van der Waals surface area contributed by atoms with E-state index in [1.54, 1.807) is 12.1 Å². The van der Waals surface area contributed by atoms with Gasteiger partial charge in [0.15, 0.2) is 29.9 Å². The molecule has 1 fully saturated rings. The average Bonchev–Trinajstić information content (AvgIpc) is 2.75. The second kappa shape index (κ2) is 8.67. The summed E-state index contributed by atoms with van der Waals surface area (Å²) in [6.45, 7) is 1.79. The summed E-state index contributed by atoms with van der Waals surface area (Å²) in [4.78, 5) is 14.8. The molecule has 4 nitrogen and oxygen atoms in total. The van der Waals surface area contributed by atoms with Crippen molar-refractivity contribution in [2.45, 2.75) is 13.3 Å². The molecule has 1 heterocycles. The van der Waals surface area contributed by atoms with Crippen molar-refractivity contribution in [1.82, 2.24) is 4.90 Å². The third kappa shape index (κ3) is 4.28. The van der Waals surface area contributed by atoms with Crippen LogP contribution < -0.4 is 9.64 Å². The second-order valence-electron chi connectivity index (χ2n) is 6.57. The number of rotatable bonds is 5. The highest BCUT2D eigenvalue weighted by molar-refractivity contribution is 5.78. The zero-order valence-electron chi connectivity index (χ0n) is 15.7. The number of hydrogen-bond acceptors (Lipinski definition) is 3. The SMILES string of the molecule is CCc1ccc(OCC(=O)N2CCN(c3c(F)c(F)c(F)c(F)c3F)CC2)cc1. The fourth-order valence-electron chi connectivity index (χ4n) is 3.11. The van der Waals surface area contributed by atoms with Gasteiger partial charge in [-0.15, -0.1) is 0 Å². The summed E-state index contributed by atoms with van der Waals surface area (Å²) in [5.41, 5.74) is 0.161. The summed E-state index contributed by atoms with van der Waals surface area (Å²) in [6.07, 6.45) is 0.881. The first-order chi connectivity index (χ1) is 13.8. The van der Waals surface area contributed by atoms with E-state index in [1.165, 1.54) is 4.90 Å². The van der Waals surface area contributed by atoms with Crippen LogP contribution >= 0.6 is 0 Å². The van der Waals surface area contributed by atoms with E-state index in [9.17, 15) is 26.7 Å². The van der Waals surface area contributed by atoms with Crippen LogP contribution in [0.5, 0.6) is 5.75 Å². The number of amides is 1. The van der Waals surface area contributed by atoms with Crippen molar-refractivity contribution in [2.24, 2.45) is 0 Å². The molecule has 9 heteroatoms. The number of anilines is 1. The molecule has 0 aliphatic carbocycles. The Balaban J connectivity index is 1.60. The van der Waals surface area contributed by atoms with Crippen molar-refractivity contribution in [3.63, 3.8) is 0 Å². The molecule has 0 spiro atoms. The van der Waals surface area contributed by atoms with Gasteiger partial charge >= 0.3 is 0 Å². The number of carbonyl (C=O) groups is 1. The maximum Gasteiger partial charge on any atom is 0.260 e. The van der Waals surface area contributed by atoms with Gasteiger partial charge in [0.2, 0.25) is 5.82 Å². The van der Waals surface area contributed by atoms with Gasteiger partial charge in [-0.05, 0) is 24.1 Å². The average molecular weight is 414 g/mol. The Morgan fingerprint density at radius 2 is 1.38 bits per heavy atom. The maximum absolute atomic E-state index is 13.9. The van der Waals surface area contributed by atoms with Crippen LogP contribution in [0.15, 0.2) is 24.3 Å². The van der Waals surface area contributed by atoms with E-state index in [2.05, 4.69) is 0 Å². The monoisotopic (exact) mass is 414 g/mol. The van der Waals surface area contributed by atoms with E-state index in [4.69, 9.17) is 4.74 Å². The molecule has 0 saturated carbocycles. The van der Waals surface area contributed by atoms with E-state index in [0.29, 0.717) is 5.75 Å². The molecule has 1 aliphatic rings. The van der Waals surface area contributed by atoms with Crippen molar-refractivity contribution in [1.29, 1.82) is 0 Å². The number of piperazine rings is 1. The number of hydrogen-bond donors (Lipinski definition) is 0. The Morgan fingerprint density at radius 1 is 0.862 bits per heavy atom. The molecular formula is C20H19F5N2O2. The topological polar surface area (TPSA) is 32.8 Å². The lowest BCUT2D eigenvalue weighted by Crippen LogP contribution is -2.50. The van der Waals surface area contributed by atoms with Gasteiger partial charge in [0.05, 0.1) is 0 Å². The standard InChI is InChI=1S/C20H19F5N2O2/c1-2-12-3-5-13(6-4-12)29-11-14(28)26-7-9-27(10-8-26)20-18(24)16(22)15(21)17(23)19(20)25/h3-6H,2,7-11H2,1H3. The minimum atomic E-state index is -2.19. The molecule has 2 aromatic rings. The van der Waals surface area contributed by atoms with Crippen molar-refractivity contribution in [3.05, 3.63) is 58.9 Å². The van der Waals surface area contributed by atoms with Gasteiger partial charge in [-0.1, -0.05) is 19.1 Å². The summed E-state index contributed by atoms with van der Waals surface area (Å²) in [6, 6.07) is 7.30. The molecule has 156 valence electrons. The third-order valence-electron chi connectivity index (χ3n) is 4.83. The number of halogens is 5.